The normalized spacial score (nSPS) is 10.3. The van der Waals surface area contributed by atoms with Crippen LogP contribution < -0.4 is 16.6 Å². The number of rotatable bonds is 5. The van der Waals surface area contributed by atoms with Crippen LogP contribution in [-0.4, -0.2) is 15.0 Å². The van der Waals surface area contributed by atoms with Crippen LogP contribution in [0.25, 0.3) is 0 Å². The van der Waals surface area contributed by atoms with E-state index in [1.807, 2.05) is 19.1 Å². The molecule has 0 saturated carbocycles. The van der Waals surface area contributed by atoms with Crippen molar-refractivity contribution < 1.29 is 0 Å². The Bertz CT molecular complexity index is 555. The summed E-state index contributed by atoms with van der Waals surface area (Å²) in [5.74, 6) is 6.46. The minimum Gasteiger partial charge on any atom is -0.364 e. The quantitative estimate of drug-likeness (QED) is 0.558. The molecular weight excluding hydrogens is 240 g/mol. The van der Waals surface area contributed by atoms with Crippen molar-refractivity contribution in [2.75, 3.05) is 10.7 Å². The highest BCUT2D eigenvalue weighted by atomic mass is 15.3. The first-order chi connectivity index (χ1) is 9.22. The number of nitrogens with two attached hydrogens (primary N) is 1. The average Bonchev–Trinajstić information content (AvgIpc) is 2.44. The highest BCUT2D eigenvalue weighted by Gasteiger charge is 2.04. The van der Waals surface area contributed by atoms with Gasteiger partial charge < -0.3 is 5.32 Å². The second-order valence-electron chi connectivity index (χ2n) is 4.18. The van der Waals surface area contributed by atoms with Gasteiger partial charge in [-0.25, -0.2) is 10.8 Å². The summed E-state index contributed by atoms with van der Waals surface area (Å²) in [6.45, 7) is 4.64. The van der Waals surface area contributed by atoms with Crippen molar-refractivity contribution in [2.24, 2.45) is 5.84 Å². The van der Waals surface area contributed by atoms with Crippen LogP contribution in [0.3, 0.4) is 0 Å². The fourth-order valence-corrected chi connectivity index (χ4v) is 1.85. The zero-order valence-corrected chi connectivity index (χ0v) is 11.1. The van der Waals surface area contributed by atoms with Gasteiger partial charge in [0.05, 0.1) is 12.2 Å². The highest BCUT2D eigenvalue weighted by Crippen LogP contribution is 2.12. The molecule has 0 radical (unpaired) electrons. The summed E-state index contributed by atoms with van der Waals surface area (Å²) in [4.78, 5) is 12.8. The molecule has 2 rings (SSSR count). The largest absolute Gasteiger partial charge is 0.364 e. The minimum atomic E-state index is 0.402. The number of nitrogens with one attached hydrogen (secondary N) is 2. The molecule has 0 atom stereocenters. The molecule has 0 aliphatic carbocycles. The molecule has 0 aliphatic rings. The fourth-order valence-electron chi connectivity index (χ4n) is 1.85. The number of anilines is 2. The molecule has 6 nitrogen and oxygen atoms in total. The predicted molar refractivity (Wildman–Crippen MR) is 75.5 cm³/mol. The van der Waals surface area contributed by atoms with E-state index >= 15 is 0 Å². The van der Waals surface area contributed by atoms with Gasteiger partial charge in [-0.15, -0.1) is 0 Å². The molecule has 6 heteroatoms. The molecule has 2 heterocycles. The summed E-state index contributed by atoms with van der Waals surface area (Å²) < 4.78 is 0. The number of hydrogen-bond acceptors (Lipinski definition) is 6. The molecule has 0 aliphatic heterocycles. The van der Waals surface area contributed by atoms with E-state index < -0.39 is 0 Å². The fraction of sp³-hybridized carbons (Fsp3) is 0.308. The number of hydrazine groups is 1. The van der Waals surface area contributed by atoms with Gasteiger partial charge in [0, 0.05) is 18.0 Å². The number of pyridine rings is 1. The number of aryl methyl sites for hydroxylation is 2. The first kappa shape index (κ1) is 13.2. The van der Waals surface area contributed by atoms with Crippen LogP contribution in [0.4, 0.5) is 11.8 Å². The number of hydrogen-bond donors (Lipinski definition) is 3. The van der Waals surface area contributed by atoms with E-state index in [0.717, 1.165) is 23.6 Å². The van der Waals surface area contributed by atoms with Crippen LogP contribution in [0, 0.1) is 6.92 Å². The van der Waals surface area contributed by atoms with Crippen molar-refractivity contribution in [3.05, 3.63) is 41.3 Å². The molecule has 4 N–H and O–H groups in total. The topological polar surface area (TPSA) is 88.8 Å². The lowest BCUT2D eigenvalue weighted by molar-refractivity contribution is 0.957. The van der Waals surface area contributed by atoms with E-state index in [9.17, 15) is 0 Å². The van der Waals surface area contributed by atoms with E-state index in [-0.39, 0.29) is 0 Å². The zero-order chi connectivity index (χ0) is 13.7. The van der Waals surface area contributed by atoms with Crippen LogP contribution in [0.15, 0.2) is 24.4 Å². The summed E-state index contributed by atoms with van der Waals surface area (Å²) in [5, 5.41) is 3.24. The first-order valence-corrected chi connectivity index (χ1v) is 6.22. The van der Waals surface area contributed by atoms with Crippen molar-refractivity contribution in [3.8, 4) is 0 Å². The van der Waals surface area contributed by atoms with Gasteiger partial charge in [0.2, 0.25) is 5.95 Å². The van der Waals surface area contributed by atoms with Crippen molar-refractivity contribution in [3.63, 3.8) is 0 Å². The van der Waals surface area contributed by atoms with E-state index in [1.165, 1.54) is 5.56 Å². The highest BCUT2D eigenvalue weighted by molar-refractivity contribution is 5.42. The summed E-state index contributed by atoms with van der Waals surface area (Å²) >= 11 is 0. The Morgan fingerprint density at radius 3 is 2.89 bits per heavy atom. The van der Waals surface area contributed by atoms with Crippen molar-refractivity contribution in [1.29, 1.82) is 0 Å². The Morgan fingerprint density at radius 2 is 2.16 bits per heavy atom. The molecule has 0 unspecified atom stereocenters. The standard InChI is InChI=1S/C13H18N6/c1-3-10-5-4-6-15-11(10)8-16-12-7-9(2)17-13(18-12)19-14/h4-7H,3,8,14H2,1-2H3,(H2,16,17,18,19). The molecule has 0 spiro atoms. The molecule has 0 amide bonds. The first-order valence-electron chi connectivity index (χ1n) is 6.22. The predicted octanol–water partition coefficient (Wildman–Crippen LogP) is 1.64. The Morgan fingerprint density at radius 1 is 1.32 bits per heavy atom. The summed E-state index contributed by atoms with van der Waals surface area (Å²) in [7, 11) is 0. The van der Waals surface area contributed by atoms with E-state index in [0.29, 0.717) is 12.5 Å². The van der Waals surface area contributed by atoms with Gasteiger partial charge in [0.25, 0.3) is 0 Å². The molecule has 0 aromatic carbocycles. The Balaban J connectivity index is 2.12. The zero-order valence-electron chi connectivity index (χ0n) is 11.1. The Kier molecular flexibility index (Phi) is 4.25. The summed E-state index contributed by atoms with van der Waals surface area (Å²) in [5.41, 5.74) is 5.57. The van der Waals surface area contributed by atoms with Gasteiger partial charge in [-0.3, -0.25) is 10.4 Å². The molecule has 100 valence electrons. The third-order valence-corrected chi connectivity index (χ3v) is 2.79. The van der Waals surface area contributed by atoms with Gasteiger partial charge in [0.1, 0.15) is 5.82 Å². The van der Waals surface area contributed by atoms with Gasteiger partial charge in [-0.05, 0) is 25.0 Å². The van der Waals surface area contributed by atoms with Gasteiger partial charge in [0.15, 0.2) is 0 Å². The maximum absolute atomic E-state index is 5.33. The summed E-state index contributed by atoms with van der Waals surface area (Å²) in [6, 6.07) is 5.91. The van der Waals surface area contributed by atoms with Crippen LogP contribution in [-0.2, 0) is 13.0 Å². The smallest absolute Gasteiger partial charge is 0.239 e. The maximum atomic E-state index is 5.33. The molecule has 0 saturated heterocycles. The van der Waals surface area contributed by atoms with Gasteiger partial charge in [-0.1, -0.05) is 13.0 Å². The van der Waals surface area contributed by atoms with Crippen molar-refractivity contribution in [1.82, 2.24) is 15.0 Å². The lowest BCUT2D eigenvalue weighted by Gasteiger charge is -2.10. The molecule has 0 bridgehead atoms. The Hall–Kier alpha value is -2.21. The van der Waals surface area contributed by atoms with Crippen molar-refractivity contribution in [2.45, 2.75) is 26.8 Å². The van der Waals surface area contributed by atoms with Crippen LogP contribution >= 0.6 is 0 Å². The average molecular weight is 258 g/mol. The van der Waals surface area contributed by atoms with E-state index in [2.05, 4.69) is 38.7 Å². The maximum Gasteiger partial charge on any atom is 0.239 e. The van der Waals surface area contributed by atoms with E-state index in [4.69, 9.17) is 5.84 Å². The molecule has 0 fully saturated rings. The van der Waals surface area contributed by atoms with E-state index in [1.54, 1.807) is 6.20 Å². The number of aromatic nitrogens is 3. The third kappa shape index (κ3) is 3.38. The second-order valence-corrected chi connectivity index (χ2v) is 4.18. The minimum absolute atomic E-state index is 0.402. The molecule has 19 heavy (non-hydrogen) atoms. The lowest BCUT2D eigenvalue weighted by Crippen LogP contribution is -2.13. The second kappa shape index (κ2) is 6.10. The number of nitrogens with zero attached hydrogens (tertiary/aromatic N) is 3. The number of nitrogen functional groups attached to an aromatic ring is 1. The molecule has 2 aromatic heterocycles. The van der Waals surface area contributed by atoms with Gasteiger partial charge >= 0.3 is 0 Å². The lowest BCUT2D eigenvalue weighted by atomic mass is 10.1. The monoisotopic (exact) mass is 258 g/mol. The molecular formula is C13H18N6. The van der Waals surface area contributed by atoms with Crippen LogP contribution in [0.1, 0.15) is 23.9 Å². The Labute approximate surface area is 112 Å². The van der Waals surface area contributed by atoms with Crippen LogP contribution in [0.5, 0.6) is 0 Å². The third-order valence-electron chi connectivity index (χ3n) is 2.79. The SMILES string of the molecule is CCc1cccnc1CNc1cc(C)nc(NN)n1. The molecule has 2 aromatic rings. The summed E-state index contributed by atoms with van der Waals surface area (Å²) in [6.07, 6.45) is 2.76. The van der Waals surface area contributed by atoms with Gasteiger partial charge in [-0.2, -0.15) is 4.98 Å². The van der Waals surface area contributed by atoms with Crippen molar-refractivity contribution >= 4 is 11.8 Å². The van der Waals surface area contributed by atoms with Crippen LogP contribution in [0.2, 0.25) is 0 Å².